The zero-order chi connectivity index (χ0) is 17.5. The van der Waals surface area contributed by atoms with Gasteiger partial charge in [0.15, 0.2) is 9.84 Å². The molecule has 0 saturated heterocycles. The maximum Gasteiger partial charge on any atom is 0.254 e. The SMILES string of the molecule is CCC1c2ccsc2CCN1C(=O)c1ccc(Cl)c(S(C)(=O)=O)c1. The Morgan fingerprint density at radius 2 is 2.12 bits per heavy atom. The minimum Gasteiger partial charge on any atom is -0.331 e. The van der Waals surface area contributed by atoms with Gasteiger partial charge in [0.05, 0.1) is 16.0 Å². The number of hydrogen-bond acceptors (Lipinski definition) is 4. The van der Waals surface area contributed by atoms with Crippen LogP contribution in [0.1, 0.15) is 40.2 Å². The molecule has 4 nitrogen and oxygen atoms in total. The molecule has 0 bridgehead atoms. The number of hydrogen-bond donors (Lipinski definition) is 0. The molecule has 1 aliphatic heterocycles. The monoisotopic (exact) mass is 383 g/mol. The molecule has 24 heavy (non-hydrogen) atoms. The molecule has 0 N–H and O–H groups in total. The van der Waals surface area contributed by atoms with Gasteiger partial charge in [0, 0.05) is 23.2 Å². The van der Waals surface area contributed by atoms with E-state index in [4.69, 9.17) is 11.6 Å². The highest BCUT2D eigenvalue weighted by atomic mass is 35.5. The maximum atomic E-state index is 13.0. The van der Waals surface area contributed by atoms with Crippen molar-refractivity contribution in [3.8, 4) is 0 Å². The molecule has 1 amide bonds. The fourth-order valence-electron chi connectivity index (χ4n) is 3.17. The third-order valence-corrected chi connectivity index (χ3v) is 6.89. The van der Waals surface area contributed by atoms with Gasteiger partial charge in [0.1, 0.15) is 0 Å². The lowest BCUT2D eigenvalue weighted by molar-refractivity contribution is 0.0657. The van der Waals surface area contributed by atoms with E-state index in [0.717, 1.165) is 19.1 Å². The van der Waals surface area contributed by atoms with Crippen LogP contribution in [0.5, 0.6) is 0 Å². The molecule has 0 saturated carbocycles. The van der Waals surface area contributed by atoms with Gasteiger partial charge in [-0.2, -0.15) is 0 Å². The Hall–Kier alpha value is -1.37. The van der Waals surface area contributed by atoms with E-state index >= 15 is 0 Å². The fourth-order valence-corrected chi connectivity index (χ4v) is 5.40. The number of benzene rings is 1. The van der Waals surface area contributed by atoms with Gasteiger partial charge in [-0.25, -0.2) is 8.42 Å². The summed E-state index contributed by atoms with van der Waals surface area (Å²) in [6.07, 6.45) is 2.75. The fraction of sp³-hybridized carbons (Fsp3) is 0.353. The predicted molar refractivity (Wildman–Crippen MR) is 96.7 cm³/mol. The van der Waals surface area contributed by atoms with Gasteiger partial charge in [0.2, 0.25) is 0 Å². The van der Waals surface area contributed by atoms with Crippen LogP contribution in [0.2, 0.25) is 5.02 Å². The molecular formula is C17H18ClNO3S2. The number of carbonyl (C=O) groups is 1. The molecule has 2 aromatic rings. The Bertz CT molecular complexity index is 889. The molecule has 3 rings (SSSR count). The van der Waals surface area contributed by atoms with Crippen molar-refractivity contribution in [2.75, 3.05) is 12.8 Å². The molecule has 0 fully saturated rings. The van der Waals surface area contributed by atoms with Gasteiger partial charge in [-0.15, -0.1) is 11.3 Å². The highest BCUT2D eigenvalue weighted by Gasteiger charge is 2.31. The first-order valence-electron chi connectivity index (χ1n) is 7.69. The van der Waals surface area contributed by atoms with E-state index in [0.29, 0.717) is 12.1 Å². The topological polar surface area (TPSA) is 54.5 Å². The first-order chi connectivity index (χ1) is 11.3. The molecule has 1 aromatic heterocycles. The van der Waals surface area contributed by atoms with Gasteiger partial charge >= 0.3 is 0 Å². The third kappa shape index (κ3) is 3.10. The van der Waals surface area contributed by atoms with Crippen molar-refractivity contribution in [1.29, 1.82) is 0 Å². The van der Waals surface area contributed by atoms with Crippen LogP contribution in [0.3, 0.4) is 0 Å². The number of sulfone groups is 1. The van der Waals surface area contributed by atoms with Crippen molar-refractivity contribution in [3.63, 3.8) is 0 Å². The van der Waals surface area contributed by atoms with Crippen LogP contribution in [0.4, 0.5) is 0 Å². The van der Waals surface area contributed by atoms with Crippen molar-refractivity contribution in [2.24, 2.45) is 0 Å². The molecule has 0 spiro atoms. The summed E-state index contributed by atoms with van der Waals surface area (Å²) >= 11 is 7.70. The highest BCUT2D eigenvalue weighted by Crippen LogP contribution is 2.36. The first-order valence-corrected chi connectivity index (χ1v) is 10.8. The average Bonchev–Trinajstić information content (AvgIpc) is 3.01. The van der Waals surface area contributed by atoms with Crippen LogP contribution in [0, 0.1) is 0 Å². The van der Waals surface area contributed by atoms with E-state index in [9.17, 15) is 13.2 Å². The normalized spacial score (nSPS) is 17.6. The van der Waals surface area contributed by atoms with Gasteiger partial charge in [-0.1, -0.05) is 18.5 Å². The van der Waals surface area contributed by atoms with E-state index in [1.807, 2.05) is 4.90 Å². The lowest BCUT2D eigenvalue weighted by Gasteiger charge is -2.35. The lowest BCUT2D eigenvalue weighted by atomic mass is 9.97. The summed E-state index contributed by atoms with van der Waals surface area (Å²) in [4.78, 5) is 16.1. The van der Waals surface area contributed by atoms with Crippen molar-refractivity contribution in [1.82, 2.24) is 4.90 Å². The number of halogens is 1. The minimum atomic E-state index is -3.48. The van der Waals surface area contributed by atoms with Crippen molar-refractivity contribution < 1.29 is 13.2 Å². The van der Waals surface area contributed by atoms with Crippen LogP contribution in [-0.4, -0.2) is 32.0 Å². The van der Waals surface area contributed by atoms with E-state index < -0.39 is 9.84 Å². The Morgan fingerprint density at radius 1 is 1.38 bits per heavy atom. The van der Waals surface area contributed by atoms with Crippen LogP contribution in [0.25, 0.3) is 0 Å². The molecule has 1 atom stereocenters. The second-order valence-corrected chi connectivity index (χ2v) is 9.28. The number of nitrogens with zero attached hydrogens (tertiary/aromatic N) is 1. The Morgan fingerprint density at radius 3 is 2.79 bits per heavy atom. The summed E-state index contributed by atoms with van der Waals surface area (Å²) in [6.45, 7) is 2.70. The summed E-state index contributed by atoms with van der Waals surface area (Å²) in [7, 11) is -3.48. The number of amides is 1. The van der Waals surface area contributed by atoms with Crippen molar-refractivity contribution in [2.45, 2.75) is 30.7 Å². The van der Waals surface area contributed by atoms with Crippen LogP contribution in [0.15, 0.2) is 34.5 Å². The Labute approximate surface area is 151 Å². The second-order valence-electron chi connectivity index (χ2n) is 5.89. The zero-order valence-corrected chi connectivity index (χ0v) is 15.8. The van der Waals surface area contributed by atoms with Gasteiger partial charge in [0.25, 0.3) is 5.91 Å². The van der Waals surface area contributed by atoms with Crippen molar-refractivity contribution in [3.05, 3.63) is 50.7 Å². The summed E-state index contributed by atoms with van der Waals surface area (Å²) < 4.78 is 23.7. The van der Waals surface area contributed by atoms with Crippen LogP contribution >= 0.6 is 22.9 Å². The van der Waals surface area contributed by atoms with Gasteiger partial charge < -0.3 is 4.90 Å². The third-order valence-electron chi connectivity index (χ3n) is 4.32. The standard InChI is InChI=1S/C17H18ClNO3S2/c1-3-14-12-7-9-23-15(12)6-8-19(14)17(20)11-4-5-13(18)16(10-11)24(2,21)22/h4-5,7,9-10,14H,3,6,8H2,1-2H3. The second kappa shape index (κ2) is 6.50. The average molecular weight is 384 g/mol. The largest absolute Gasteiger partial charge is 0.331 e. The Kier molecular flexibility index (Phi) is 4.73. The zero-order valence-electron chi connectivity index (χ0n) is 13.5. The molecule has 7 heteroatoms. The summed E-state index contributed by atoms with van der Waals surface area (Å²) in [5, 5.41) is 2.20. The summed E-state index contributed by atoms with van der Waals surface area (Å²) in [5.74, 6) is -0.153. The lowest BCUT2D eigenvalue weighted by Crippen LogP contribution is -2.39. The van der Waals surface area contributed by atoms with Crippen LogP contribution < -0.4 is 0 Å². The Balaban J connectivity index is 1.98. The molecule has 0 radical (unpaired) electrons. The smallest absolute Gasteiger partial charge is 0.254 e. The molecular weight excluding hydrogens is 366 g/mol. The molecule has 2 heterocycles. The van der Waals surface area contributed by atoms with Crippen molar-refractivity contribution >= 4 is 38.7 Å². The molecule has 1 aromatic carbocycles. The summed E-state index contributed by atoms with van der Waals surface area (Å²) in [6, 6.07) is 6.57. The number of rotatable bonds is 3. The first kappa shape index (κ1) is 17.5. The molecule has 1 unspecified atom stereocenters. The minimum absolute atomic E-state index is 0.00343. The molecule has 0 aliphatic carbocycles. The van der Waals surface area contributed by atoms with Gasteiger partial charge in [-0.05, 0) is 48.1 Å². The quantitative estimate of drug-likeness (QED) is 0.806. The summed E-state index contributed by atoms with van der Waals surface area (Å²) in [5.41, 5.74) is 1.57. The predicted octanol–water partition coefficient (Wildman–Crippen LogP) is 3.95. The number of carbonyl (C=O) groups excluding carboxylic acids is 1. The molecule has 128 valence electrons. The van der Waals surface area contributed by atoms with E-state index in [-0.39, 0.29) is 21.9 Å². The highest BCUT2D eigenvalue weighted by molar-refractivity contribution is 7.90. The maximum absolute atomic E-state index is 13.0. The van der Waals surface area contributed by atoms with E-state index in [1.54, 1.807) is 17.4 Å². The molecule has 1 aliphatic rings. The van der Waals surface area contributed by atoms with Crippen LogP contribution in [-0.2, 0) is 16.3 Å². The van der Waals surface area contributed by atoms with Gasteiger partial charge in [-0.3, -0.25) is 4.79 Å². The van der Waals surface area contributed by atoms with E-state index in [2.05, 4.69) is 18.4 Å². The number of fused-ring (bicyclic) bond motifs is 1. The van der Waals surface area contributed by atoms with E-state index in [1.165, 1.54) is 22.6 Å². The number of thiophene rings is 1.